The molecule has 0 N–H and O–H groups in total. The number of rotatable bonds is 4. The van der Waals surface area contributed by atoms with Crippen LogP contribution < -0.4 is 0 Å². The van der Waals surface area contributed by atoms with Gasteiger partial charge in [-0.05, 0) is 39.3 Å². The SMILES string of the molecule is Cc1cc(C)n(C[C@H]2CCCN2Cc2nccn2C)n1. The van der Waals surface area contributed by atoms with Crippen molar-refractivity contribution < 1.29 is 0 Å². The van der Waals surface area contributed by atoms with Crippen LogP contribution in [0, 0.1) is 13.8 Å². The first kappa shape index (κ1) is 13.4. The van der Waals surface area contributed by atoms with E-state index in [0.29, 0.717) is 6.04 Å². The molecular formula is C15H23N5. The van der Waals surface area contributed by atoms with Crippen molar-refractivity contribution in [1.82, 2.24) is 24.2 Å². The molecule has 0 unspecified atom stereocenters. The molecule has 0 spiro atoms. The summed E-state index contributed by atoms with van der Waals surface area (Å²) in [5.74, 6) is 1.14. The van der Waals surface area contributed by atoms with E-state index < -0.39 is 0 Å². The standard InChI is InChI=1S/C15H23N5/c1-12-9-13(2)20(17-12)10-14-5-4-7-19(14)11-15-16-6-8-18(15)3/h6,8-9,14H,4-5,7,10-11H2,1-3H3/t14-/m1/s1. The number of nitrogens with zero attached hydrogens (tertiary/aromatic N) is 5. The van der Waals surface area contributed by atoms with Gasteiger partial charge in [-0.25, -0.2) is 4.98 Å². The molecule has 0 aromatic carbocycles. The van der Waals surface area contributed by atoms with Crippen molar-refractivity contribution in [2.24, 2.45) is 7.05 Å². The Morgan fingerprint density at radius 3 is 2.85 bits per heavy atom. The minimum absolute atomic E-state index is 0.574. The van der Waals surface area contributed by atoms with E-state index >= 15 is 0 Å². The highest BCUT2D eigenvalue weighted by molar-refractivity contribution is 5.07. The fourth-order valence-corrected chi connectivity index (χ4v) is 3.10. The summed E-state index contributed by atoms with van der Waals surface area (Å²) >= 11 is 0. The van der Waals surface area contributed by atoms with Crippen molar-refractivity contribution in [3.05, 3.63) is 35.7 Å². The van der Waals surface area contributed by atoms with Crippen LogP contribution in [0.3, 0.4) is 0 Å². The average Bonchev–Trinajstić information content (AvgIpc) is 3.06. The molecule has 2 aromatic rings. The van der Waals surface area contributed by atoms with Gasteiger partial charge in [0.05, 0.1) is 18.8 Å². The van der Waals surface area contributed by atoms with Crippen LogP contribution in [0.1, 0.15) is 30.1 Å². The van der Waals surface area contributed by atoms with Gasteiger partial charge in [0, 0.05) is 31.2 Å². The van der Waals surface area contributed by atoms with Crippen molar-refractivity contribution in [1.29, 1.82) is 0 Å². The molecule has 0 aliphatic carbocycles. The first-order valence-electron chi connectivity index (χ1n) is 7.35. The fraction of sp³-hybridized carbons (Fsp3) is 0.600. The molecule has 108 valence electrons. The van der Waals surface area contributed by atoms with E-state index in [1.165, 1.54) is 18.5 Å². The van der Waals surface area contributed by atoms with Crippen LogP contribution in [-0.4, -0.2) is 36.8 Å². The Morgan fingerprint density at radius 2 is 2.20 bits per heavy atom. The lowest BCUT2D eigenvalue weighted by Crippen LogP contribution is -2.33. The van der Waals surface area contributed by atoms with Crippen molar-refractivity contribution in [3.63, 3.8) is 0 Å². The highest BCUT2D eigenvalue weighted by Crippen LogP contribution is 2.21. The summed E-state index contributed by atoms with van der Waals surface area (Å²) in [7, 11) is 2.06. The Morgan fingerprint density at radius 1 is 1.35 bits per heavy atom. The maximum atomic E-state index is 4.59. The molecule has 5 nitrogen and oxygen atoms in total. The second-order valence-electron chi connectivity index (χ2n) is 5.83. The summed E-state index contributed by atoms with van der Waals surface area (Å²) in [5.41, 5.74) is 2.36. The zero-order valence-electron chi connectivity index (χ0n) is 12.6. The Hall–Kier alpha value is -1.62. The van der Waals surface area contributed by atoms with E-state index in [4.69, 9.17) is 0 Å². The van der Waals surface area contributed by atoms with E-state index in [-0.39, 0.29) is 0 Å². The van der Waals surface area contributed by atoms with Crippen molar-refractivity contribution in [2.75, 3.05) is 6.54 Å². The van der Waals surface area contributed by atoms with Gasteiger partial charge in [0.1, 0.15) is 5.82 Å². The number of aromatic nitrogens is 4. The predicted octanol–water partition coefficient (Wildman–Crippen LogP) is 1.90. The second kappa shape index (κ2) is 5.40. The van der Waals surface area contributed by atoms with Gasteiger partial charge < -0.3 is 4.57 Å². The molecule has 2 aromatic heterocycles. The van der Waals surface area contributed by atoms with Gasteiger partial charge in [-0.3, -0.25) is 9.58 Å². The number of hydrogen-bond acceptors (Lipinski definition) is 3. The third-order valence-corrected chi connectivity index (χ3v) is 4.25. The topological polar surface area (TPSA) is 38.9 Å². The Balaban J connectivity index is 1.69. The maximum absolute atomic E-state index is 4.59. The number of imidazole rings is 1. The summed E-state index contributed by atoms with van der Waals surface area (Å²) in [6.45, 7) is 7.29. The van der Waals surface area contributed by atoms with Crippen molar-refractivity contribution in [2.45, 2.75) is 45.8 Å². The van der Waals surface area contributed by atoms with E-state index in [9.17, 15) is 0 Å². The van der Waals surface area contributed by atoms with Crippen LogP contribution in [-0.2, 0) is 20.1 Å². The molecule has 0 bridgehead atoms. The predicted molar refractivity (Wildman–Crippen MR) is 78.3 cm³/mol. The molecule has 3 heterocycles. The number of aryl methyl sites for hydroxylation is 3. The van der Waals surface area contributed by atoms with E-state index in [1.807, 2.05) is 12.4 Å². The molecular weight excluding hydrogens is 250 g/mol. The lowest BCUT2D eigenvalue weighted by atomic mass is 10.2. The average molecular weight is 273 g/mol. The lowest BCUT2D eigenvalue weighted by Gasteiger charge is -2.24. The maximum Gasteiger partial charge on any atom is 0.122 e. The molecule has 0 amide bonds. The van der Waals surface area contributed by atoms with E-state index in [2.05, 4.69) is 51.2 Å². The highest BCUT2D eigenvalue weighted by Gasteiger charge is 2.26. The van der Waals surface area contributed by atoms with E-state index in [0.717, 1.165) is 31.2 Å². The molecule has 1 atom stereocenters. The van der Waals surface area contributed by atoms with Crippen LogP contribution in [0.25, 0.3) is 0 Å². The molecule has 1 aliphatic rings. The number of likely N-dealkylation sites (tertiary alicyclic amines) is 1. The lowest BCUT2D eigenvalue weighted by molar-refractivity contribution is 0.211. The van der Waals surface area contributed by atoms with Crippen molar-refractivity contribution in [3.8, 4) is 0 Å². The van der Waals surface area contributed by atoms with Crippen LogP contribution >= 0.6 is 0 Å². The zero-order valence-corrected chi connectivity index (χ0v) is 12.6. The normalized spacial score (nSPS) is 19.9. The minimum Gasteiger partial charge on any atom is -0.337 e. The van der Waals surface area contributed by atoms with Gasteiger partial charge >= 0.3 is 0 Å². The molecule has 1 saturated heterocycles. The second-order valence-corrected chi connectivity index (χ2v) is 5.83. The zero-order chi connectivity index (χ0) is 14.1. The van der Waals surface area contributed by atoms with Gasteiger partial charge in [0.25, 0.3) is 0 Å². The minimum atomic E-state index is 0.574. The van der Waals surface area contributed by atoms with Crippen LogP contribution in [0.2, 0.25) is 0 Å². The van der Waals surface area contributed by atoms with Gasteiger partial charge in [0.2, 0.25) is 0 Å². The van der Waals surface area contributed by atoms with Crippen molar-refractivity contribution >= 4 is 0 Å². The summed E-state index contributed by atoms with van der Waals surface area (Å²) < 4.78 is 4.26. The van der Waals surface area contributed by atoms with Gasteiger partial charge in [-0.2, -0.15) is 5.10 Å². The van der Waals surface area contributed by atoms with Gasteiger partial charge in [-0.15, -0.1) is 0 Å². The summed E-state index contributed by atoms with van der Waals surface area (Å²) in [6.07, 6.45) is 6.42. The molecule has 20 heavy (non-hydrogen) atoms. The third kappa shape index (κ3) is 2.63. The molecule has 0 saturated carbocycles. The molecule has 3 rings (SSSR count). The van der Waals surface area contributed by atoms with Crippen LogP contribution in [0.5, 0.6) is 0 Å². The smallest absolute Gasteiger partial charge is 0.122 e. The number of hydrogen-bond donors (Lipinski definition) is 0. The van der Waals surface area contributed by atoms with Gasteiger partial charge in [-0.1, -0.05) is 0 Å². The Labute approximate surface area is 120 Å². The Bertz CT molecular complexity index is 583. The molecule has 0 radical (unpaired) electrons. The first-order chi connectivity index (χ1) is 9.63. The quantitative estimate of drug-likeness (QED) is 0.854. The van der Waals surface area contributed by atoms with Gasteiger partial charge in [0.15, 0.2) is 0 Å². The molecule has 5 heteroatoms. The largest absolute Gasteiger partial charge is 0.337 e. The molecule has 1 aliphatic heterocycles. The summed E-state index contributed by atoms with van der Waals surface area (Å²) in [6, 6.07) is 2.72. The summed E-state index contributed by atoms with van der Waals surface area (Å²) in [4.78, 5) is 6.98. The van der Waals surface area contributed by atoms with E-state index in [1.54, 1.807) is 0 Å². The first-order valence-corrected chi connectivity index (χ1v) is 7.35. The highest BCUT2D eigenvalue weighted by atomic mass is 15.3. The summed E-state index contributed by atoms with van der Waals surface area (Å²) in [5, 5.41) is 4.59. The van der Waals surface area contributed by atoms with Crippen LogP contribution in [0.4, 0.5) is 0 Å². The Kier molecular flexibility index (Phi) is 3.61. The van der Waals surface area contributed by atoms with Crippen LogP contribution in [0.15, 0.2) is 18.5 Å². The molecule has 1 fully saturated rings. The fourth-order valence-electron chi connectivity index (χ4n) is 3.10. The third-order valence-electron chi connectivity index (χ3n) is 4.25. The monoisotopic (exact) mass is 273 g/mol.